The van der Waals surface area contributed by atoms with E-state index in [9.17, 15) is 9.59 Å². The number of ether oxygens (including phenoxy) is 1. The molecule has 9 heteroatoms. The number of nitrogens with two attached hydrogens (primary N) is 1. The van der Waals surface area contributed by atoms with Gasteiger partial charge in [-0.25, -0.2) is 9.36 Å². The average molecular weight is 383 g/mol. The first kappa shape index (κ1) is 19.6. The van der Waals surface area contributed by atoms with Crippen LogP contribution < -0.4 is 5.73 Å². The first-order chi connectivity index (χ1) is 11.7. The van der Waals surface area contributed by atoms with Gasteiger partial charge in [0.15, 0.2) is 5.82 Å². The van der Waals surface area contributed by atoms with E-state index in [1.54, 1.807) is 38.6 Å². The third-order valence-corrected chi connectivity index (χ3v) is 5.42. The molecule has 25 heavy (non-hydrogen) atoms. The first-order valence-electron chi connectivity index (χ1n) is 7.79. The second-order valence-corrected chi connectivity index (χ2v) is 8.71. The number of thioether (sulfide) groups is 2. The highest BCUT2D eigenvalue weighted by atomic mass is 32.2. The van der Waals surface area contributed by atoms with Crippen LogP contribution in [0.5, 0.6) is 0 Å². The van der Waals surface area contributed by atoms with E-state index in [-0.39, 0.29) is 5.25 Å². The van der Waals surface area contributed by atoms with Crippen molar-refractivity contribution in [2.24, 2.45) is 5.73 Å². The van der Waals surface area contributed by atoms with E-state index in [0.717, 1.165) is 18.2 Å². The third kappa shape index (κ3) is 5.12. The van der Waals surface area contributed by atoms with Crippen molar-refractivity contribution >= 4 is 35.5 Å². The predicted molar refractivity (Wildman–Crippen MR) is 99.4 cm³/mol. The molecule has 0 aromatic carbocycles. The van der Waals surface area contributed by atoms with Gasteiger partial charge in [0.25, 0.3) is 0 Å². The Bertz CT molecular complexity index is 686. The fraction of sp³-hybridized carbons (Fsp3) is 0.500. The summed E-state index contributed by atoms with van der Waals surface area (Å²) in [6.07, 6.45) is 4.18. The Morgan fingerprint density at radius 1 is 1.56 bits per heavy atom. The maximum atomic E-state index is 12.7. The van der Waals surface area contributed by atoms with Crippen LogP contribution in [0.25, 0.3) is 0 Å². The second kappa shape index (κ2) is 8.09. The fourth-order valence-electron chi connectivity index (χ4n) is 2.10. The highest BCUT2D eigenvalue weighted by Gasteiger charge is 2.31. The molecular formula is C16H22N4O3S2. The molecule has 2 heterocycles. The van der Waals surface area contributed by atoms with Crippen LogP contribution >= 0.6 is 23.5 Å². The molecule has 136 valence electrons. The van der Waals surface area contributed by atoms with Crippen molar-refractivity contribution in [1.82, 2.24) is 14.8 Å². The minimum absolute atomic E-state index is 0.0131. The van der Waals surface area contributed by atoms with Crippen LogP contribution in [0.4, 0.5) is 4.79 Å². The number of carbonyl (C=O) groups excluding carboxylic acids is 2. The Kier molecular flexibility index (Phi) is 6.34. The van der Waals surface area contributed by atoms with Crippen LogP contribution in [0, 0.1) is 0 Å². The number of carbonyl (C=O) groups is 2. The van der Waals surface area contributed by atoms with Crippen molar-refractivity contribution in [3.8, 4) is 0 Å². The maximum absolute atomic E-state index is 12.7. The Balaban J connectivity index is 2.36. The molecule has 2 atom stereocenters. The van der Waals surface area contributed by atoms with Gasteiger partial charge < -0.3 is 10.5 Å². The van der Waals surface area contributed by atoms with Crippen molar-refractivity contribution in [2.75, 3.05) is 0 Å². The van der Waals surface area contributed by atoms with Gasteiger partial charge in [-0.1, -0.05) is 23.9 Å². The quantitative estimate of drug-likeness (QED) is 0.595. The van der Waals surface area contributed by atoms with Crippen LogP contribution in [-0.2, 0) is 9.53 Å². The zero-order valence-electron chi connectivity index (χ0n) is 14.5. The average Bonchev–Trinajstić information content (AvgIpc) is 3.13. The number of amides is 1. The summed E-state index contributed by atoms with van der Waals surface area (Å²) in [4.78, 5) is 24.3. The van der Waals surface area contributed by atoms with Crippen LogP contribution in [0.15, 0.2) is 29.3 Å². The van der Waals surface area contributed by atoms with E-state index in [1.807, 2.05) is 11.5 Å². The summed E-state index contributed by atoms with van der Waals surface area (Å²) in [5.74, 6) is 0.00988. The van der Waals surface area contributed by atoms with E-state index >= 15 is 0 Å². The highest BCUT2D eigenvalue weighted by molar-refractivity contribution is 8.02. The number of hydrogen-bond donors (Lipinski definition) is 1. The number of allylic oxidation sites excluding steroid dienone is 2. The third-order valence-electron chi connectivity index (χ3n) is 3.16. The van der Waals surface area contributed by atoms with Gasteiger partial charge in [0.05, 0.1) is 10.5 Å². The zero-order chi connectivity index (χ0) is 18.6. The van der Waals surface area contributed by atoms with Crippen molar-refractivity contribution in [3.63, 3.8) is 0 Å². The molecule has 1 aliphatic rings. The van der Waals surface area contributed by atoms with Gasteiger partial charge >= 0.3 is 6.09 Å². The van der Waals surface area contributed by atoms with Crippen molar-refractivity contribution in [1.29, 1.82) is 0 Å². The molecular weight excluding hydrogens is 360 g/mol. The van der Waals surface area contributed by atoms with Gasteiger partial charge in [0.1, 0.15) is 5.60 Å². The number of primary amides is 1. The minimum atomic E-state index is -0.661. The van der Waals surface area contributed by atoms with E-state index in [4.69, 9.17) is 10.5 Å². The number of aromatic nitrogens is 3. The minimum Gasteiger partial charge on any atom is -0.443 e. The van der Waals surface area contributed by atoms with Crippen LogP contribution in [0.2, 0.25) is 0 Å². The van der Waals surface area contributed by atoms with Gasteiger partial charge in [0, 0.05) is 0 Å². The smallest absolute Gasteiger partial charge is 0.422 e. The van der Waals surface area contributed by atoms with Gasteiger partial charge in [-0.2, -0.15) is 0 Å². The summed E-state index contributed by atoms with van der Waals surface area (Å²) in [5.41, 5.74) is 4.77. The zero-order valence-corrected chi connectivity index (χ0v) is 16.1. The highest BCUT2D eigenvalue weighted by Crippen LogP contribution is 2.39. The normalized spacial score (nSPS) is 18.1. The van der Waals surface area contributed by atoms with E-state index < -0.39 is 22.9 Å². The van der Waals surface area contributed by atoms with Crippen LogP contribution in [0.1, 0.15) is 44.7 Å². The predicted octanol–water partition coefficient (Wildman–Crippen LogP) is 3.28. The molecule has 2 N–H and O–H groups in total. The largest absolute Gasteiger partial charge is 0.443 e. The molecule has 0 aliphatic carbocycles. The molecule has 0 spiro atoms. The Labute approximate surface area is 155 Å². The molecule has 1 aliphatic heterocycles. The van der Waals surface area contributed by atoms with Crippen molar-refractivity contribution in [3.05, 3.63) is 30.0 Å². The first-order valence-corrected chi connectivity index (χ1v) is 9.61. The lowest BCUT2D eigenvalue weighted by atomic mass is 10.2. The van der Waals surface area contributed by atoms with Crippen molar-refractivity contribution in [2.45, 2.75) is 54.9 Å². The Morgan fingerprint density at radius 3 is 2.80 bits per heavy atom. The molecule has 1 aromatic heterocycles. The summed E-state index contributed by atoms with van der Waals surface area (Å²) in [5, 5.41) is 9.95. The lowest BCUT2D eigenvalue weighted by Crippen LogP contribution is -2.30. The molecule has 0 saturated heterocycles. The van der Waals surface area contributed by atoms with Gasteiger partial charge in [-0.15, -0.1) is 28.5 Å². The van der Waals surface area contributed by atoms with Gasteiger partial charge in [0.2, 0.25) is 11.1 Å². The summed E-state index contributed by atoms with van der Waals surface area (Å²) in [7, 11) is 0. The van der Waals surface area contributed by atoms with Crippen molar-refractivity contribution < 1.29 is 14.3 Å². The maximum Gasteiger partial charge on any atom is 0.422 e. The molecule has 1 aromatic rings. The number of hydrogen-bond acceptors (Lipinski definition) is 7. The number of nitrogens with zero attached hydrogens (tertiary/aromatic N) is 3. The summed E-state index contributed by atoms with van der Waals surface area (Å²) in [6, 6.07) is 0. The number of rotatable bonds is 6. The molecule has 1 unspecified atom stereocenters. The van der Waals surface area contributed by atoms with E-state index in [2.05, 4.69) is 16.8 Å². The summed E-state index contributed by atoms with van der Waals surface area (Å²) in [6.45, 7) is 9.00. The summed E-state index contributed by atoms with van der Waals surface area (Å²) >= 11 is 2.66. The lowest BCUT2D eigenvalue weighted by Gasteiger charge is -2.21. The van der Waals surface area contributed by atoms with Crippen LogP contribution in [0.3, 0.4) is 0 Å². The standard InChI is InChI=1S/C16H22N4O3S2/c1-5-7-10(12(17)21)25-14-19-18-13(11-8-6-9-24-11)20(14)15(22)23-16(2,3)4/h5-6,9-11H,1,7-8H2,2-4H3,(H2,17,21)/t10?,11-/m0/s1. The topological polar surface area (TPSA) is 100 Å². The van der Waals surface area contributed by atoms with Crippen LogP contribution in [-0.4, -0.2) is 37.6 Å². The van der Waals surface area contributed by atoms with Gasteiger partial charge in [-0.05, 0) is 39.0 Å². The molecule has 0 radical (unpaired) electrons. The van der Waals surface area contributed by atoms with Gasteiger partial charge in [-0.3, -0.25) is 4.79 Å². The fourth-order valence-corrected chi connectivity index (χ4v) is 3.97. The molecule has 0 bridgehead atoms. The molecule has 1 amide bonds. The molecule has 0 fully saturated rings. The SMILES string of the molecule is C=CCC(Sc1nnc([C@@H]2CC=CS2)n1C(=O)OC(C)(C)C)C(N)=O. The van der Waals surface area contributed by atoms with E-state index in [0.29, 0.717) is 17.4 Å². The molecule has 0 saturated carbocycles. The monoisotopic (exact) mass is 382 g/mol. The lowest BCUT2D eigenvalue weighted by molar-refractivity contribution is -0.117. The Morgan fingerprint density at radius 2 is 2.28 bits per heavy atom. The second-order valence-electron chi connectivity index (χ2n) is 6.42. The van der Waals surface area contributed by atoms with E-state index in [1.165, 1.54) is 4.57 Å². The molecule has 7 nitrogen and oxygen atoms in total. The summed E-state index contributed by atoms with van der Waals surface area (Å²) < 4.78 is 6.84. The Hall–Kier alpha value is -1.74. The molecule has 2 rings (SSSR count).